The standard InChI is InChI=1S/C13H16ClF3/c1-3-11(12(14)4-2)9-5-7-10(8-6-9)13(15,16)17/h5-8,11-12H,3-4H2,1-2H3. The molecular weight excluding hydrogens is 249 g/mol. The molecule has 4 heteroatoms. The molecule has 0 bridgehead atoms. The van der Waals surface area contributed by atoms with Crippen molar-refractivity contribution in [2.75, 3.05) is 0 Å². The minimum atomic E-state index is -4.27. The molecule has 0 saturated carbocycles. The lowest BCUT2D eigenvalue weighted by Crippen LogP contribution is -2.12. The molecular formula is C13H16ClF3. The highest BCUT2D eigenvalue weighted by molar-refractivity contribution is 6.21. The smallest absolute Gasteiger partial charge is 0.166 e. The Morgan fingerprint density at radius 3 is 1.94 bits per heavy atom. The molecule has 0 aliphatic rings. The lowest BCUT2D eigenvalue weighted by molar-refractivity contribution is -0.137. The molecule has 0 spiro atoms. The molecule has 1 rings (SSSR count). The van der Waals surface area contributed by atoms with Gasteiger partial charge in [0.25, 0.3) is 0 Å². The van der Waals surface area contributed by atoms with Gasteiger partial charge in [-0.15, -0.1) is 11.6 Å². The molecule has 0 aliphatic carbocycles. The van der Waals surface area contributed by atoms with Crippen molar-refractivity contribution >= 4 is 11.6 Å². The second-order valence-corrected chi connectivity index (χ2v) is 4.62. The average Bonchev–Trinajstić information content (AvgIpc) is 2.29. The predicted octanol–water partition coefficient (Wildman–Crippen LogP) is 5.22. The van der Waals surface area contributed by atoms with Crippen molar-refractivity contribution in [3.63, 3.8) is 0 Å². The minimum absolute atomic E-state index is 0.0308. The number of hydrogen-bond donors (Lipinski definition) is 0. The molecule has 0 nitrogen and oxygen atoms in total. The van der Waals surface area contributed by atoms with Gasteiger partial charge in [0.15, 0.2) is 0 Å². The molecule has 0 saturated heterocycles. The van der Waals surface area contributed by atoms with E-state index in [2.05, 4.69) is 0 Å². The fourth-order valence-electron chi connectivity index (χ4n) is 1.90. The maximum absolute atomic E-state index is 12.4. The predicted molar refractivity (Wildman–Crippen MR) is 64.4 cm³/mol. The van der Waals surface area contributed by atoms with E-state index >= 15 is 0 Å². The fraction of sp³-hybridized carbons (Fsp3) is 0.538. The van der Waals surface area contributed by atoms with Crippen LogP contribution in [-0.2, 0) is 6.18 Å². The Hall–Kier alpha value is -0.700. The summed E-state index contributed by atoms with van der Waals surface area (Å²) in [5.74, 6) is 0.115. The topological polar surface area (TPSA) is 0 Å². The van der Waals surface area contributed by atoms with Crippen LogP contribution in [0.5, 0.6) is 0 Å². The Balaban J connectivity index is 2.93. The second-order valence-electron chi connectivity index (χ2n) is 4.06. The SMILES string of the molecule is CCC(Cl)C(CC)c1ccc(C(F)(F)F)cc1. The van der Waals surface area contributed by atoms with Crippen molar-refractivity contribution in [3.8, 4) is 0 Å². The number of alkyl halides is 4. The van der Waals surface area contributed by atoms with Gasteiger partial charge >= 0.3 is 6.18 Å². The molecule has 0 aliphatic heterocycles. The summed E-state index contributed by atoms with van der Waals surface area (Å²) >= 11 is 6.17. The Labute approximate surface area is 105 Å². The lowest BCUT2D eigenvalue weighted by atomic mass is 9.91. The zero-order chi connectivity index (χ0) is 13.1. The molecule has 0 aromatic heterocycles. The summed E-state index contributed by atoms with van der Waals surface area (Å²) in [6.45, 7) is 3.97. The van der Waals surface area contributed by atoms with Crippen LogP contribution in [0.1, 0.15) is 43.7 Å². The Bertz CT molecular complexity index is 343. The maximum atomic E-state index is 12.4. The highest BCUT2D eigenvalue weighted by Crippen LogP contribution is 2.33. The van der Waals surface area contributed by atoms with Crippen LogP contribution in [0.15, 0.2) is 24.3 Å². The van der Waals surface area contributed by atoms with Crippen LogP contribution < -0.4 is 0 Å². The van der Waals surface area contributed by atoms with Crippen LogP contribution in [-0.4, -0.2) is 5.38 Å². The minimum Gasteiger partial charge on any atom is -0.166 e. The van der Waals surface area contributed by atoms with Gasteiger partial charge in [0.05, 0.1) is 5.56 Å². The van der Waals surface area contributed by atoms with Crippen molar-refractivity contribution in [2.45, 2.75) is 44.2 Å². The summed E-state index contributed by atoms with van der Waals surface area (Å²) in [6.07, 6.45) is -2.64. The van der Waals surface area contributed by atoms with Crippen molar-refractivity contribution in [3.05, 3.63) is 35.4 Å². The van der Waals surface area contributed by atoms with E-state index in [1.165, 1.54) is 12.1 Å². The summed E-state index contributed by atoms with van der Waals surface area (Å²) in [5.41, 5.74) is 0.265. The Morgan fingerprint density at radius 1 is 1.06 bits per heavy atom. The van der Waals surface area contributed by atoms with E-state index < -0.39 is 11.7 Å². The maximum Gasteiger partial charge on any atom is 0.416 e. The molecule has 0 fully saturated rings. The first-order valence-electron chi connectivity index (χ1n) is 5.71. The van der Waals surface area contributed by atoms with Gasteiger partial charge in [-0.05, 0) is 36.5 Å². The number of hydrogen-bond acceptors (Lipinski definition) is 0. The van der Waals surface area contributed by atoms with Gasteiger partial charge in [-0.1, -0.05) is 26.0 Å². The third-order valence-electron chi connectivity index (χ3n) is 2.93. The number of benzene rings is 1. The van der Waals surface area contributed by atoms with Crippen LogP contribution in [0.4, 0.5) is 13.2 Å². The molecule has 0 radical (unpaired) electrons. The van der Waals surface area contributed by atoms with E-state index in [0.29, 0.717) is 0 Å². The van der Waals surface area contributed by atoms with Crippen LogP contribution >= 0.6 is 11.6 Å². The molecule has 2 unspecified atom stereocenters. The van der Waals surface area contributed by atoms with Gasteiger partial charge < -0.3 is 0 Å². The average molecular weight is 265 g/mol. The Kier molecular flexibility index (Phi) is 4.87. The number of halogens is 4. The van der Waals surface area contributed by atoms with E-state index in [1.54, 1.807) is 0 Å². The molecule has 1 aromatic rings. The molecule has 96 valence electrons. The van der Waals surface area contributed by atoms with E-state index in [1.807, 2.05) is 13.8 Å². The molecule has 0 N–H and O–H groups in total. The summed E-state index contributed by atoms with van der Waals surface area (Å²) in [7, 11) is 0. The molecule has 2 atom stereocenters. The molecule has 1 aromatic carbocycles. The third-order valence-corrected chi connectivity index (χ3v) is 3.55. The lowest BCUT2D eigenvalue weighted by Gasteiger charge is -2.20. The van der Waals surface area contributed by atoms with Gasteiger partial charge in [0.1, 0.15) is 0 Å². The quantitative estimate of drug-likeness (QED) is 0.654. The summed E-state index contributed by atoms with van der Waals surface area (Å²) in [4.78, 5) is 0. The highest BCUT2D eigenvalue weighted by Gasteiger charge is 2.30. The molecule has 17 heavy (non-hydrogen) atoms. The third kappa shape index (κ3) is 3.63. The largest absolute Gasteiger partial charge is 0.416 e. The van der Waals surface area contributed by atoms with Gasteiger partial charge in [-0.25, -0.2) is 0 Å². The summed E-state index contributed by atoms with van der Waals surface area (Å²) < 4.78 is 37.2. The first-order valence-corrected chi connectivity index (χ1v) is 6.15. The normalized spacial score (nSPS) is 15.6. The van der Waals surface area contributed by atoms with E-state index in [0.717, 1.165) is 30.5 Å². The van der Waals surface area contributed by atoms with Crippen molar-refractivity contribution in [1.29, 1.82) is 0 Å². The Morgan fingerprint density at radius 2 is 1.59 bits per heavy atom. The summed E-state index contributed by atoms with van der Waals surface area (Å²) in [6, 6.07) is 5.30. The van der Waals surface area contributed by atoms with Gasteiger partial charge in [0, 0.05) is 5.38 Å². The van der Waals surface area contributed by atoms with E-state index in [9.17, 15) is 13.2 Å². The zero-order valence-electron chi connectivity index (χ0n) is 9.89. The van der Waals surface area contributed by atoms with E-state index in [-0.39, 0.29) is 11.3 Å². The first kappa shape index (κ1) is 14.4. The monoisotopic (exact) mass is 264 g/mol. The van der Waals surface area contributed by atoms with Gasteiger partial charge in [-0.3, -0.25) is 0 Å². The van der Waals surface area contributed by atoms with E-state index in [4.69, 9.17) is 11.6 Å². The van der Waals surface area contributed by atoms with Crippen LogP contribution in [0.25, 0.3) is 0 Å². The highest BCUT2D eigenvalue weighted by atomic mass is 35.5. The van der Waals surface area contributed by atoms with Crippen molar-refractivity contribution in [1.82, 2.24) is 0 Å². The molecule has 0 heterocycles. The fourth-order valence-corrected chi connectivity index (χ4v) is 2.23. The van der Waals surface area contributed by atoms with Gasteiger partial charge in [-0.2, -0.15) is 13.2 Å². The van der Waals surface area contributed by atoms with Crippen molar-refractivity contribution in [2.24, 2.45) is 0 Å². The van der Waals surface area contributed by atoms with Crippen LogP contribution in [0.3, 0.4) is 0 Å². The van der Waals surface area contributed by atoms with Crippen molar-refractivity contribution < 1.29 is 13.2 Å². The summed E-state index contributed by atoms with van der Waals surface area (Å²) in [5, 5.41) is -0.0308. The van der Waals surface area contributed by atoms with Gasteiger partial charge in [0.2, 0.25) is 0 Å². The second kappa shape index (κ2) is 5.76. The first-order chi connectivity index (χ1) is 7.90. The zero-order valence-corrected chi connectivity index (χ0v) is 10.6. The molecule has 0 amide bonds. The number of rotatable bonds is 4. The van der Waals surface area contributed by atoms with Crippen LogP contribution in [0, 0.1) is 0 Å². The van der Waals surface area contributed by atoms with Crippen LogP contribution in [0.2, 0.25) is 0 Å².